The van der Waals surface area contributed by atoms with E-state index < -0.39 is 0 Å². The molecular weight excluding hydrogens is 270 g/mol. The van der Waals surface area contributed by atoms with Crippen LogP contribution in [-0.4, -0.2) is 17.1 Å². The predicted molar refractivity (Wildman–Crippen MR) is 68.6 cm³/mol. The average Bonchev–Trinajstić information content (AvgIpc) is 2.28. The average molecular weight is 286 g/mol. The van der Waals surface area contributed by atoms with E-state index in [1.807, 2.05) is 38.1 Å². The van der Waals surface area contributed by atoms with Gasteiger partial charge in [0.25, 0.3) is 0 Å². The van der Waals surface area contributed by atoms with Crippen LogP contribution in [0.1, 0.15) is 25.5 Å². The van der Waals surface area contributed by atoms with E-state index in [4.69, 9.17) is 10.9 Å². The van der Waals surface area contributed by atoms with Crippen molar-refractivity contribution in [3.63, 3.8) is 0 Å². The molecule has 0 amide bonds. The summed E-state index contributed by atoms with van der Waals surface area (Å²) in [6.07, 6.45) is 0. The van der Waals surface area contributed by atoms with Gasteiger partial charge in [0, 0.05) is 10.5 Å². The summed E-state index contributed by atoms with van der Waals surface area (Å²) in [5, 5.41) is 14.8. The monoisotopic (exact) mass is 285 g/mol. The highest BCUT2D eigenvalue weighted by Crippen LogP contribution is 2.16. The van der Waals surface area contributed by atoms with Gasteiger partial charge < -0.3 is 16.3 Å². The first-order valence-electron chi connectivity index (χ1n) is 5.03. The van der Waals surface area contributed by atoms with Crippen LogP contribution in [0.5, 0.6) is 0 Å². The Morgan fingerprint density at radius 2 is 1.94 bits per heavy atom. The molecule has 2 atom stereocenters. The molecular formula is C11H16BrN3O. The zero-order valence-electron chi connectivity index (χ0n) is 9.31. The minimum absolute atomic E-state index is 0.142. The summed E-state index contributed by atoms with van der Waals surface area (Å²) in [6, 6.07) is 8.01. The highest BCUT2D eigenvalue weighted by Gasteiger charge is 2.12. The molecule has 88 valence electrons. The Labute approximate surface area is 104 Å². The maximum atomic E-state index is 8.54. The number of hydrogen-bond donors (Lipinski definition) is 3. The van der Waals surface area contributed by atoms with E-state index in [9.17, 15) is 0 Å². The van der Waals surface area contributed by atoms with Gasteiger partial charge in [-0.2, -0.15) is 0 Å². The number of nitrogens with one attached hydrogen (secondary N) is 1. The zero-order valence-corrected chi connectivity index (χ0v) is 10.9. The minimum Gasteiger partial charge on any atom is -0.409 e. The Bertz CT molecular complexity index is 364. The van der Waals surface area contributed by atoms with Gasteiger partial charge in [-0.25, -0.2) is 0 Å². The lowest BCUT2D eigenvalue weighted by atomic mass is 10.1. The van der Waals surface area contributed by atoms with Crippen molar-refractivity contribution in [2.24, 2.45) is 10.9 Å². The number of halogens is 1. The molecule has 0 aromatic heterocycles. The number of hydrogen-bond acceptors (Lipinski definition) is 3. The van der Waals surface area contributed by atoms with Crippen molar-refractivity contribution >= 4 is 21.8 Å². The fraction of sp³-hybridized carbons (Fsp3) is 0.364. The summed E-state index contributed by atoms with van der Waals surface area (Å²) >= 11 is 3.39. The molecule has 0 aliphatic carbocycles. The van der Waals surface area contributed by atoms with E-state index >= 15 is 0 Å². The molecule has 0 saturated heterocycles. The van der Waals surface area contributed by atoms with Crippen LogP contribution in [0, 0.1) is 0 Å². The van der Waals surface area contributed by atoms with Crippen molar-refractivity contribution < 1.29 is 5.21 Å². The summed E-state index contributed by atoms with van der Waals surface area (Å²) in [4.78, 5) is 0. The maximum absolute atomic E-state index is 8.54. The summed E-state index contributed by atoms with van der Waals surface area (Å²) in [5.74, 6) is 0.184. The lowest BCUT2D eigenvalue weighted by Gasteiger charge is -2.19. The summed E-state index contributed by atoms with van der Waals surface area (Å²) in [6.45, 7) is 3.88. The largest absolute Gasteiger partial charge is 0.409 e. The molecule has 1 aromatic carbocycles. The lowest BCUT2D eigenvalue weighted by Crippen LogP contribution is -2.40. The third-order valence-corrected chi connectivity index (χ3v) is 2.96. The Morgan fingerprint density at radius 1 is 1.38 bits per heavy atom. The molecule has 4 nitrogen and oxygen atoms in total. The number of oxime groups is 1. The van der Waals surface area contributed by atoms with Gasteiger partial charge in [-0.1, -0.05) is 33.2 Å². The number of rotatable bonds is 4. The van der Waals surface area contributed by atoms with Gasteiger partial charge in [-0.3, -0.25) is 0 Å². The summed E-state index contributed by atoms with van der Waals surface area (Å²) in [7, 11) is 0. The molecule has 2 unspecified atom stereocenters. The highest BCUT2D eigenvalue weighted by atomic mass is 79.9. The van der Waals surface area contributed by atoms with Crippen LogP contribution in [0.3, 0.4) is 0 Å². The lowest BCUT2D eigenvalue weighted by molar-refractivity contribution is 0.314. The third kappa shape index (κ3) is 3.50. The van der Waals surface area contributed by atoms with Crippen LogP contribution >= 0.6 is 15.9 Å². The fourth-order valence-corrected chi connectivity index (χ4v) is 1.66. The summed E-state index contributed by atoms with van der Waals surface area (Å²) < 4.78 is 1.05. The van der Waals surface area contributed by atoms with Crippen molar-refractivity contribution in [2.75, 3.05) is 0 Å². The van der Waals surface area contributed by atoms with E-state index in [1.54, 1.807) is 0 Å². The zero-order chi connectivity index (χ0) is 12.1. The van der Waals surface area contributed by atoms with Crippen molar-refractivity contribution in [3.8, 4) is 0 Å². The van der Waals surface area contributed by atoms with E-state index in [2.05, 4.69) is 26.4 Å². The van der Waals surface area contributed by atoms with Crippen LogP contribution in [0.4, 0.5) is 0 Å². The van der Waals surface area contributed by atoms with E-state index in [1.165, 1.54) is 0 Å². The number of benzene rings is 1. The first-order valence-corrected chi connectivity index (χ1v) is 5.83. The van der Waals surface area contributed by atoms with Crippen molar-refractivity contribution in [1.29, 1.82) is 0 Å². The van der Waals surface area contributed by atoms with Crippen LogP contribution < -0.4 is 11.1 Å². The van der Waals surface area contributed by atoms with Crippen LogP contribution in [0.2, 0.25) is 0 Å². The molecule has 4 N–H and O–H groups in total. The number of amidine groups is 1. The van der Waals surface area contributed by atoms with Crippen molar-refractivity contribution in [3.05, 3.63) is 34.3 Å². The smallest absolute Gasteiger partial charge is 0.156 e. The third-order valence-electron chi connectivity index (χ3n) is 2.43. The van der Waals surface area contributed by atoms with Crippen LogP contribution in [0.15, 0.2) is 33.9 Å². The van der Waals surface area contributed by atoms with Crippen LogP contribution in [-0.2, 0) is 0 Å². The topological polar surface area (TPSA) is 70.6 Å². The standard InChI is InChI=1S/C11H16BrN3O/c1-7(14-8(2)11(13)15-16)9-3-5-10(12)6-4-9/h3-8,14,16H,1-2H3,(H2,13,15). The van der Waals surface area contributed by atoms with Gasteiger partial charge in [-0.15, -0.1) is 0 Å². The highest BCUT2D eigenvalue weighted by molar-refractivity contribution is 9.10. The molecule has 0 heterocycles. The van der Waals surface area contributed by atoms with Gasteiger partial charge >= 0.3 is 0 Å². The Kier molecular flexibility index (Phi) is 4.76. The normalized spacial score (nSPS) is 15.8. The second kappa shape index (κ2) is 5.86. The molecule has 1 aromatic rings. The van der Waals surface area contributed by atoms with E-state index in [-0.39, 0.29) is 17.9 Å². The predicted octanol–water partition coefficient (Wildman–Crippen LogP) is 2.23. The summed E-state index contributed by atoms with van der Waals surface area (Å²) in [5.41, 5.74) is 6.65. The van der Waals surface area contributed by atoms with E-state index in [0.717, 1.165) is 10.0 Å². The molecule has 0 aliphatic heterocycles. The second-order valence-electron chi connectivity index (χ2n) is 3.69. The van der Waals surface area contributed by atoms with Crippen molar-refractivity contribution in [1.82, 2.24) is 5.32 Å². The molecule has 16 heavy (non-hydrogen) atoms. The maximum Gasteiger partial charge on any atom is 0.156 e. The molecule has 0 bridgehead atoms. The van der Waals surface area contributed by atoms with Crippen LogP contribution in [0.25, 0.3) is 0 Å². The second-order valence-corrected chi connectivity index (χ2v) is 4.60. The first kappa shape index (κ1) is 13.0. The number of nitrogens with zero attached hydrogens (tertiary/aromatic N) is 1. The van der Waals surface area contributed by atoms with Gasteiger partial charge in [0.1, 0.15) is 0 Å². The Balaban J connectivity index is 2.65. The molecule has 0 radical (unpaired) electrons. The Hall–Kier alpha value is -1.07. The molecule has 1 rings (SSSR count). The van der Waals surface area contributed by atoms with Gasteiger partial charge in [0.2, 0.25) is 0 Å². The van der Waals surface area contributed by atoms with Gasteiger partial charge in [0.15, 0.2) is 5.84 Å². The Morgan fingerprint density at radius 3 is 2.44 bits per heavy atom. The first-order chi connectivity index (χ1) is 7.54. The molecule has 5 heteroatoms. The molecule has 0 spiro atoms. The minimum atomic E-state index is -0.163. The molecule has 0 saturated carbocycles. The van der Waals surface area contributed by atoms with Gasteiger partial charge in [-0.05, 0) is 31.5 Å². The fourth-order valence-electron chi connectivity index (χ4n) is 1.39. The van der Waals surface area contributed by atoms with Crippen molar-refractivity contribution in [2.45, 2.75) is 25.9 Å². The SMILES string of the molecule is CC(NC(C)c1ccc(Br)cc1)C(N)=NO. The quantitative estimate of drug-likeness (QED) is 0.344. The van der Waals surface area contributed by atoms with E-state index in [0.29, 0.717) is 0 Å². The molecule has 0 aliphatic rings. The van der Waals surface area contributed by atoms with Gasteiger partial charge in [0.05, 0.1) is 6.04 Å². The number of nitrogens with two attached hydrogens (primary N) is 1. The molecule has 0 fully saturated rings.